The molecule has 46 heavy (non-hydrogen) atoms. The minimum absolute atomic E-state index is 0.0696. The predicted molar refractivity (Wildman–Crippen MR) is 200 cm³/mol. The van der Waals surface area contributed by atoms with E-state index in [-0.39, 0.29) is 23.0 Å². The van der Waals surface area contributed by atoms with E-state index in [1.807, 2.05) is 24.3 Å². The van der Waals surface area contributed by atoms with Gasteiger partial charge in [0.25, 0.3) is 6.71 Å². The molecule has 0 bridgehead atoms. The van der Waals surface area contributed by atoms with Crippen LogP contribution in [-0.4, -0.2) is 6.71 Å². The number of nitrogens with zero attached hydrogens (tertiary/aromatic N) is 2. The zero-order valence-electron chi connectivity index (χ0n) is 31.0. The Morgan fingerprint density at radius 2 is 1.33 bits per heavy atom. The number of rotatable bonds is 1. The van der Waals surface area contributed by atoms with Crippen LogP contribution in [0.15, 0.2) is 91.0 Å². The van der Waals surface area contributed by atoms with Gasteiger partial charge in [-0.05, 0) is 98.3 Å². The summed E-state index contributed by atoms with van der Waals surface area (Å²) in [6.07, 6.45) is 0. The number of anilines is 6. The van der Waals surface area contributed by atoms with E-state index < -0.39 is 6.85 Å². The first kappa shape index (κ1) is 26.2. The standard InChI is InChI=1S/C42H42BClN2/c1-25-21-26(40(2,3)4)17-20-33(25)45-35-24-28(44)18-19-31(35)43-32-15-12-14-30-39(32)46(34-16-11-10-13-29(34)42(30,8)9)37-23-27(41(5,6)7)22-36(45)38(37)43/h10-24H,1-9H3/i1D3. The molecule has 3 aliphatic heterocycles. The second kappa shape index (κ2) is 9.55. The van der Waals surface area contributed by atoms with Crippen molar-refractivity contribution in [2.75, 3.05) is 9.80 Å². The topological polar surface area (TPSA) is 6.48 Å². The summed E-state index contributed by atoms with van der Waals surface area (Å²) >= 11 is 6.84. The lowest BCUT2D eigenvalue weighted by Gasteiger charge is -2.50. The van der Waals surface area contributed by atoms with Crippen molar-refractivity contribution in [1.82, 2.24) is 0 Å². The lowest BCUT2D eigenvalue weighted by atomic mass is 9.33. The molecular formula is C42H42BClN2. The fourth-order valence-electron chi connectivity index (χ4n) is 8.00. The molecule has 0 aromatic heterocycles. The molecule has 0 fully saturated rings. The Kier molecular flexibility index (Phi) is 5.43. The van der Waals surface area contributed by atoms with Crippen molar-refractivity contribution < 1.29 is 4.11 Å². The van der Waals surface area contributed by atoms with Crippen LogP contribution < -0.4 is 26.2 Å². The Hall–Kier alpha value is -3.95. The first-order valence-corrected chi connectivity index (χ1v) is 16.7. The summed E-state index contributed by atoms with van der Waals surface area (Å²) in [6.45, 7) is 15.4. The Labute approximate surface area is 284 Å². The van der Waals surface area contributed by atoms with Crippen LogP contribution in [0, 0.1) is 6.85 Å². The second-order valence-electron chi connectivity index (χ2n) is 15.9. The van der Waals surface area contributed by atoms with Crippen LogP contribution in [0.1, 0.15) is 87.3 Å². The number of para-hydroxylation sites is 2. The first-order valence-electron chi connectivity index (χ1n) is 17.8. The fraction of sp³-hybridized carbons (Fsp3) is 0.286. The highest BCUT2D eigenvalue weighted by Gasteiger charge is 2.48. The number of fused-ring (bicyclic) bond motifs is 6. The van der Waals surface area contributed by atoms with Gasteiger partial charge in [-0.15, -0.1) is 0 Å². The van der Waals surface area contributed by atoms with Crippen molar-refractivity contribution >= 4 is 68.8 Å². The molecule has 4 heteroatoms. The summed E-state index contributed by atoms with van der Waals surface area (Å²) in [4.78, 5) is 4.68. The fourth-order valence-corrected chi connectivity index (χ4v) is 8.17. The molecule has 5 aromatic rings. The summed E-state index contributed by atoms with van der Waals surface area (Å²) in [5.74, 6) is 0. The normalized spacial score (nSPS) is 16.9. The highest BCUT2D eigenvalue weighted by molar-refractivity contribution is 7.00. The molecule has 3 aliphatic rings. The van der Waals surface area contributed by atoms with E-state index in [9.17, 15) is 0 Å². The van der Waals surface area contributed by atoms with Gasteiger partial charge in [-0.1, -0.05) is 122 Å². The molecule has 2 nitrogen and oxygen atoms in total. The second-order valence-corrected chi connectivity index (χ2v) is 16.3. The van der Waals surface area contributed by atoms with E-state index in [0.717, 1.165) is 28.1 Å². The molecule has 0 saturated heterocycles. The van der Waals surface area contributed by atoms with E-state index in [0.29, 0.717) is 16.3 Å². The van der Waals surface area contributed by atoms with Crippen LogP contribution in [0.4, 0.5) is 34.1 Å². The van der Waals surface area contributed by atoms with Gasteiger partial charge in [0.2, 0.25) is 0 Å². The molecule has 0 saturated carbocycles. The van der Waals surface area contributed by atoms with Crippen LogP contribution >= 0.6 is 11.6 Å². The van der Waals surface area contributed by atoms with Crippen molar-refractivity contribution in [2.45, 2.75) is 78.5 Å². The maximum absolute atomic E-state index is 8.79. The highest BCUT2D eigenvalue weighted by Crippen LogP contribution is 2.54. The van der Waals surface area contributed by atoms with Gasteiger partial charge in [-0.3, -0.25) is 0 Å². The van der Waals surface area contributed by atoms with Gasteiger partial charge in [0.1, 0.15) is 0 Å². The van der Waals surface area contributed by atoms with E-state index in [1.165, 1.54) is 39.0 Å². The number of halogens is 1. The molecule has 3 heterocycles. The van der Waals surface area contributed by atoms with Crippen LogP contribution in [0.2, 0.25) is 5.02 Å². The van der Waals surface area contributed by atoms with Crippen molar-refractivity contribution in [3.05, 3.63) is 124 Å². The molecule has 5 aromatic carbocycles. The summed E-state index contributed by atoms with van der Waals surface area (Å²) in [5.41, 5.74) is 14.2. The smallest absolute Gasteiger partial charge is 0.252 e. The minimum atomic E-state index is -2.34. The zero-order valence-corrected chi connectivity index (χ0v) is 28.8. The summed E-state index contributed by atoms with van der Waals surface area (Å²) < 4.78 is 26.4. The van der Waals surface area contributed by atoms with Crippen molar-refractivity contribution in [3.63, 3.8) is 0 Å². The van der Waals surface area contributed by atoms with Crippen LogP contribution in [-0.2, 0) is 16.2 Å². The van der Waals surface area contributed by atoms with Gasteiger partial charge >= 0.3 is 0 Å². The van der Waals surface area contributed by atoms with Gasteiger partial charge in [-0.2, -0.15) is 0 Å². The van der Waals surface area contributed by atoms with E-state index >= 15 is 0 Å². The Balaban J connectivity index is 1.54. The van der Waals surface area contributed by atoms with Crippen LogP contribution in [0.5, 0.6) is 0 Å². The number of hydrogen-bond acceptors (Lipinski definition) is 2. The quantitative estimate of drug-likeness (QED) is 0.168. The van der Waals surface area contributed by atoms with Gasteiger partial charge in [0, 0.05) is 43.0 Å². The largest absolute Gasteiger partial charge is 0.311 e. The summed E-state index contributed by atoms with van der Waals surface area (Å²) in [7, 11) is 0. The van der Waals surface area contributed by atoms with Gasteiger partial charge < -0.3 is 9.80 Å². The van der Waals surface area contributed by atoms with E-state index in [4.69, 9.17) is 15.7 Å². The SMILES string of the molecule is [2H]C([2H])([2H])c1cc(C(C)(C)C)ccc1N1c2cc(Cl)ccc2B2c3cccc4c3N(c3ccccc3C4(C)C)c3cc(C(C)(C)C)cc1c32. The average Bonchev–Trinajstić information content (AvgIpc) is 3.02. The summed E-state index contributed by atoms with van der Waals surface area (Å²) in [5, 5.41) is 0.615. The third kappa shape index (κ3) is 4.03. The highest BCUT2D eigenvalue weighted by atomic mass is 35.5. The molecule has 0 N–H and O–H groups in total. The number of aryl methyl sites for hydroxylation is 1. The third-order valence-corrected chi connectivity index (χ3v) is 10.7. The van der Waals surface area contributed by atoms with E-state index in [2.05, 4.69) is 132 Å². The maximum Gasteiger partial charge on any atom is 0.252 e. The maximum atomic E-state index is 8.79. The molecule has 0 aliphatic carbocycles. The van der Waals surface area contributed by atoms with Crippen molar-refractivity contribution in [2.24, 2.45) is 0 Å². The lowest BCUT2D eigenvalue weighted by molar-refractivity contribution is 0.589. The Morgan fingerprint density at radius 3 is 2.04 bits per heavy atom. The molecular weight excluding hydrogens is 579 g/mol. The zero-order chi connectivity index (χ0) is 35.0. The summed E-state index contributed by atoms with van der Waals surface area (Å²) in [6, 6.07) is 32.4. The monoisotopic (exact) mass is 623 g/mol. The van der Waals surface area contributed by atoms with Gasteiger partial charge in [0.05, 0.1) is 5.69 Å². The Bertz CT molecular complexity index is 2210. The minimum Gasteiger partial charge on any atom is -0.311 e. The first-order chi connectivity index (χ1) is 22.9. The van der Waals surface area contributed by atoms with Crippen LogP contribution in [0.3, 0.4) is 0 Å². The van der Waals surface area contributed by atoms with E-state index in [1.54, 1.807) is 0 Å². The number of hydrogen-bond donors (Lipinski definition) is 0. The molecule has 230 valence electrons. The molecule has 0 atom stereocenters. The molecule has 0 spiro atoms. The molecule has 0 radical (unpaired) electrons. The average molecular weight is 624 g/mol. The Morgan fingerprint density at radius 1 is 0.630 bits per heavy atom. The van der Waals surface area contributed by atoms with Crippen molar-refractivity contribution in [3.8, 4) is 0 Å². The molecule has 8 rings (SSSR count). The number of benzene rings is 5. The van der Waals surface area contributed by atoms with Crippen LogP contribution in [0.25, 0.3) is 0 Å². The lowest BCUT2D eigenvalue weighted by Crippen LogP contribution is -2.62. The molecule has 0 amide bonds. The van der Waals surface area contributed by atoms with Gasteiger partial charge in [-0.25, -0.2) is 0 Å². The molecule has 0 unspecified atom stereocenters. The van der Waals surface area contributed by atoms with Crippen molar-refractivity contribution in [1.29, 1.82) is 0 Å². The third-order valence-electron chi connectivity index (χ3n) is 10.5. The van der Waals surface area contributed by atoms with Gasteiger partial charge in [0.15, 0.2) is 0 Å². The predicted octanol–water partition coefficient (Wildman–Crippen LogP) is 9.97.